The fraction of sp³-hybridized carbons (Fsp3) is 0. The van der Waals surface area contributed by atoms with Crippen molar-refractivity contribution in [2.45, 2.75) is 0 Å². The minimum absolute atomic E-state index is 0.665. The Labute approximate surface area is 147 Å². The van der Waals surface area contributed by atoms with Crippen LogP contribution in [0.1, 0.15) is 11.1 Å². The Bertz CT molecular complexity index is 880. The van der Waals surface area contributed by atoms with Gasteiger partial charge in [0.25, 0.3) is 0 Å². The summed E-state index contributed by atoms with van der Waals surface area (Å²) in [6.45, 7) is 0. The standard InChI is InChI=1S/C21H16NPS/c22-17-19-13-11-18(12-14-19)15-16-23(24,20-7-3-1-4-8-20)21-9-5-2-6-10-21/h1-16H/b16-15+. The summed E-state index contributed by atoms with van der Waals surface area (Å²) in [6.07, 6.45) is 2.07. The molecule has 0 N–H and O–H groups in total. The molecular weight excluding hydrogens is 329 g/mol. The fourth-order valence-corrected chi connectivity index (χ4v) is 5.65. The monoisotopic (exact) mass is 345 g/mol. The van der Waals surface area contributed by atoms with Gasteiger partial charge in [-0.3, -0.25) is 0 Å². The molecule has 3 aromatic carbocycles. The van der Waals surface area contributed by atoms with Crippen LogP contribution in [0, 0.1) is 11.3 Å². The third-order valence-corrected chi connectivity index (χ3v) is 8.13. The first-order valence-corrected chi connectivity index (χ1v) is 10.5. The summed E-state index contributed by atoms with van der Waals surface area (Å²) in [4.78, 5) is 0. The third-order valence-electron chi connectivity index (χ3n) is 3.80. The zero-order valence-electron chi connectivity index (χ0n) is 13.0. The Hall–Kier alpha value is -2.46. The topological polar surface area (TPSA) is 23.8 Å². The van der Waals surface area contributed by atoms with Crippen LogP contribution in [0.5, 0.6) is 0 Å². The maximum Gasteiger partial charge on any atom is 0.0991 e. The number of hydrogen-bond donors (Lipinski definition) is 0. The van der Waals surface area contributed by atoms with E-state index in [1.54, 1.807) is 0 Å². The molecule has 3 heteroatoms. The third kappa shape index (κ3) is 3.54. The molecule has 0 saturated carbocycles. The molecule has 0 heterocycles. The van der Waals surface area contributed by atoms with Crippen molar-refractivity contribution in [3.05, 3.63) is 102 Å². The van der Waals surface area contributed by atoms with Crippen LogP contribution in [0.2, 0.25) is 0 Å². The first kappa shape index (κ1) is 16.4. The molecule has 0 unspecified atom stereocenters. The van der Waals surface area contributed by atoms with E-state index >= 15 is 0 Å². The van der Waals surface area contributed by atoms with Crippen molar-refractivity contribution in [1.29, 1.82) is 5.26 Å². The van der Waals surface area contributed by atoms with Gasteiger partial charge in [-0.1, -0.05) is 90.7 Å². The van der Waals surface area contributed by atoms with E-state index in [2.05, 4.69) is 42.2 Å². The van der Waals surface area contributed by atoms with E-state index in [0.29, 0.717) is 5.56 Å². The minimum atomic E-state index is -2.02. The lowest BCUT2D eigenvalue weighted by molar-refractivity contribution is 1.48. The highest BCUT2D eigenvalue weighted by Gasteiger charge is 2.18. The number of rotatable bonds is 4. The highest BCUT2D eigenvalue weighted by Crippen LogP contribution is 2.45. The smallest absolute Gasteiger partial charge is 0.0991 e. The van der Waals surface area contributed by atoms with Crippen molar-refractivity contribution >= 4 is 34.5 Å². The van der Waals surface area contributed by atoms with E-state index in [1.807, 2.05) is 60.7 Å². The Kier molecular flexibility index (Phi) is 5.06. The van der Waals surface area contributed by atoms with Gasteiger partial charge in [0, 0.05) is 6.04 Å². The van der Waals surface area contributed by atoms with Gasteiger partial charge in [0.15, 0.2) is 0 Å². The van der Waals surface area contributed by atoms with Gasteiger partial charge < -0.3 is 0 Å². The maximum atomic E-state index is 8.91. The number of nitriles is 1. The molecule has 0 aromatic heterocycles. The second kappa shape index (κ2) is 7.41. The fourth-order valence-electron chi connectivity index (χ4n) is 2.48. The maximum absolute atomic E-state index is 8.91. The lowest BCUT2D eigenvalue weighted by Crippen LogP contribution is -2.13. The number of nitrogens with zero attached hydrogens (tertiary/aromatic N) is 1. The summed E-state index contributed by atoms with van der Waals surface area (Å²) in [6, 6.07) is 28.3. The van der Waals surface area contributed by atoms with Crippen LogP contribution < -0.4 is 10.6 Å². The molecule has 0 bridgehead atoms. The van der Waals surface area contributed by atoms with Gasteiger partial charge in [0.05, 0.1) is 11.6 Å². The molecule has 3 aromatic rings. The largest absolute Gasteiger partial charge is 0.192 e. The number of hydrogen-bond acceptors (Lipinski definition) is 2. The van der Waals surface area contributed by atoms with E-state index in [1.165, 1.54) is 10.6 Å². The summed E-state index contributed by atoms with van der Waals surface area (Å²) in [5.41, 5.74) is 1.72. The summed E-state index contributed by atoms with van der Waals surface area (Å²) >= 11 is 6.15. The lowest BCUT2D eigenvalue weighted by atomic mass is 10.1. The van der Waals surface area contributed by atoms with Crippen molar-refractivity contribution in [1.82, 2.24) is 0 Å². The molecule has 0 atom stereocenters. The second-order valence-corrected chi connectivity index (χ2v) is 9.75. The zero-order chi connectivity index (χ0) is 16.8. The van der Waals surface area contributed by atoms with Crippen LogP contribution in [-0.2, 0) is 11.8 Å². The van der Waals surface area contributed by atoms with E-state index in [0.717, 1.165) is 5.56 Å². The first-order chi connectivity index (χ1) is 11.7. The Morgan fingerprint density at radius 2 is 1.25 bits per heavy atom. The average Bonchev–Trinajstić information content (AvgIpc) is 2.68. The molecule has 0 aliphatic rings. The molecule has 3 rings (SSSR count). The molecule has 0 amide bonds. The molecule has 0 aliphatic heterocycles. The van der Waals surface area contributed by atoms with Gasteiger partial charge in [0.1, 0.15) is 0 Å². The van der Waals surface area contributed by atoms with Gasteiger partial charge in [-0.05, 0) is 34.1 Å². The Balaban J connectivity index is 2.04. The lowest BCUT2D eigenvalue weighted by Gasteiger charge is -2.19. The normalized spacial score (nSPS) is 11.3. The highest BCUT2D eigenvalue weighted by molar-refractivity contribution is 8.23. The van der Waals surface area contributed by atoms with Gasteiger partial charge in [-0.15, -0.1) is 0 Å². The van der Waals surface area contributed by atoms with Crippen LogP contribution >= 0.6 is 6.04 Å². The molecule has 0 saturated heterocycles. The average molecular weight is 345 g/mol. The van der Waals surface area contributed by atoms with Crippen LogP contribution in [0.4, 0.5) is 0 Å². The zero-order valence-corrected chi connectivity index (χ0v) is 14.8. The first-order valence-electron chi connectivity index (χ1n) is 7.63. The van der Waals surface area contributed by atoms with Crippen LogP contribution in [0.25, 0.3) is 6.08 Å². The predicted octanol–water partition coefficient (Wildman–Crippen LogP) is 4.66. The summed E-state index contributed by atoms with van der Waals surface area (Å²) in [7, 11) is 0. The Morgan fingerprint density at radius 3 is 1.71 bits per heavy atom. The van der Waals surface area contributed by atoms with Gasteiger partial charge in [-0.25, -0.2) is 0 Å². The molecule has 0 radical (unpaired) electrons. The number of benzene rings is 3. The predicted molar refractivity (Wildman–Crippen MR) is 107 cm³/mol. The van der Waals surface area contributed by atoms with Crippen molar-refractivity contribution in [3.8, 4) is 6.07 Å². The van der Waals surface area contributed by atoms with Gasteiger partial charge >= 0.3 is 0 Å². The van der Waals surface area contributed by atoms with Crippen LogP contribution in [0.3, 0.4) is 0 Å². The molecule has 0 fully saturated rings. The molecule has 0 spiro atoms. The van der Waals surface area contributed by atoms with Crippen molar-refractivity contribution in [3.63, 3.8) is 0 Å². The molecule has 0 aliphatic carbocycles. The molecule has 116 valence electrons. The molecule has 1 nitrogen and oxygen atoms in total. The van der Waals surface area contributed by atoms with Crippen molar-refractivity contribution in [2.75, 3.05) is 0 Å². The van der Waals surface area contributed by atoms with E-state index in [-0.39, 0.29) is 0 Å². The summed E-state index contributed by atoms with van der Waals surface area (Å²) in [5, 5.41) is 11.3. The summed E-state index contributed by atoms with van der Waals surface area (Å²) < 4.78 is 0. The quantitative estimate of drug-likeness (QED) is 0.642. The second-order valence-electron chi connectivity index (χ2n) is 5.38. The Morgan fingerprint density at radius 1 is 0.750 bits per heavy atom. The SMILES string of the molecule is N#Cc1ccc(/C=C/P(=S)(c2ccccc2)c2ccccc2)cc1. The van der Waals surface area contributed by atoms with Crippen LogP contribution in [0.15, 0.2) is 90.7 Å². The van der Waals surface area contributed by atoms with Gasteiger partial charge in [-0.2, -0.15) is 5.26 Å². The van der Waals surface area contributed by atoms with Crippen molar-refractivity contribution in [2.24, 2.45) is 0 Å². The molecular formula is C21H16NPS. The van der Waals surface area contributed by atoms with Crippen molar-refractivity contribution < 1.29 is 0 Å². The van der Waals surface area contributed by atoms with Gasteiger partial charge in [0.2, 0.25) is 0 Å². The minimum Gasteiger partial charge on any atom is -0.192 e. The van der Waals surface area contributed by atoms with E-state index < -0.39 is 6.04 Å². The summed E-state index contributed by atoms with van der Waals surface area (Å²) in [5.74, 6) is 2.16. The highest BCUT2D eigenvalue weighted by atomic mass is 32.4. The van der Waals surface area contributed by atoms with E-state index in [4.69, 9.17) is 17.1 Å². The van der Waals surface area contributed by atoms with E-state index in [9.17, 15) is 0 Å². The van der Waals surface area contributed by atoms with Crippen LogP contribution in [-0.4, -0.2) is 0 Å². The molecule has 24 heavy (non-hydrogen) atoms.